The molecule has 5 nitrogen and oxygen atoms in total. The summed E-state index contributed by atoms with van der Waals surface area (Å²) in [4.78, 5) is 18.4. The molecule has 0 saturated carbocycles. The molecule has 0 bridgehead atoms. The molecule has 0 atom stereocenters. The molecular weight excluding hydrogens is 208 g/mol. The van der Waals surface area contributed by atoms with Gasteiger partial charge in [0.05, 0.1) is 20.5 Å². The third-order valence-electron chi connectivity index (χ3n) is 2.44. The first kappa shape index (κ1) is 10.5. The van der Waals surface area contributed by atoms with Crippen molar-refractivity contribution in [3.05, 3.63) is 28.3 Å². The molecule has 0 fully saturated rings. The smallest absolute Gasteiger partial charge is 0.262 e. The molecule has 0 radical (unpaired) electrons. The van der Waals surface area contributed by atoms with Gasteiger partial charge < -0.3 is 14.5 Å². The van der Waals surface area contributed by atoms with E-state index in [1.54, 1.807) is 13.2 Å². The Kier molecular flexibility index (Phi) is 2.52. The molecule has 0 amide bonds. The lowest BCUT2D eigenvalue weighted by Gasteiger charge is -2.10. The van der Waals surface area contributed by atoms with Crippen molar-refractivity contribution in [3.63, 3.8) is 0 Å². The molecule has 84 valence electrons. The maximum absolute atomic E-state index is 11.7. The second kappa shape index (κ2) is 3.84. The van der Waals surface area contributed by atoms with Crippen LogP contribution >= 0.6 is 0 Å². The van der Waals surface area contributed by atoms with Gasteiger partial charge in [-0.3, -0.25) is 4.79 Å². The number of benzene rings is 1. The molecule has 5 heteroatoms. The molecule has 1 aromatic heterocycles. The minimum Gasteiger partial charge on any atom is -0.496 e. The highest BCUT2D eigenvalue weighted by molar-refractivity contribution is 5.90. The first-order valence-electron chi connectivity index (χ1n) is 4.78. The van der Waals surface area contributed by atoms with E-state index in [2.05, 4.69) is 9.97 Å². The Morgan fingerprint density at radius 1 is 1.31 bits per heavy atom. The molecule has 1 aromatic carbocycles. The Morgan fingerprint density at radius 3 is 2.69 bits per heavy atom. The lowest BCUT2D eigenvalue weighted by Crippen LogP contribution is -2.09. The van der Waals surface area contributed by atoms with Crippen molar-refractivity contribution in [1.82, 2.24) is 9.97 Å². The highest BCUT2D eigenvalue weighted by atomic mass is 16.5. The van der Waals surface area contributed by atoms with Gasteiger partial charge in [0.25, 0.3) is 5.56 Å². The third-order valence-corrected chi connectivity index (χ3v) is 2.44. The van der Waals surface area contributed by atoms with Gasteiger partial charge in [0, 0.05) is 0 Å². The number of nitrogens with zero attached hydrogens (tertiary/aromatic N) is 1. The van der Waals surface area contributed by atoms with E-state index in [0.717, 1.165) is 5.56 Å². The van der Waals surface area contributed by atoms with Crippen LogP contribution in [-0.2, 0) is 0 Å². The molecule has 2 aromatic rings. The summed E-state index contributed by atoms with van der Waals surface area (Å²) in [5.41, 5.74) is 1.11. The standard InChI is InChI=1S/C11H12N2O3/c1-6-4-7(15-2)9-8(10(6)16-3)11(14)13-5-12-9/h4-5H,1-3H3,(H,12,13,14). The second-order valence-electron chi connectivity index (χ2n) is 3.38. The minimum absolute atomic E-state index is 0.233. The van der Waals surface area contributed by atoms with E-state index in [-0.39, 0.29) is 5.56 Å². The number of hydrogen-bond acceptors (Lipinski definition) is 4. The molecule has 16 heavy (non-hydrogen) atoms. The number of hydrogen-bond donors (Lipinski definition) is 1. The van der Waals surface area contributed by atoms with Crippen molar-refractivity contribution in [2.75, 3.05) is 14.2 Å². The number of nitrogens with one attached hydrogen (secondary N) is 1. The Morgan fingerprint density at radius 2 is 2.06 bits per heavy atom. The van der Waals surface area contributed by atoms with Crippen molar-refractivity contribution >= 4 is 10.9 Å². The van der Waals surface area contributed by atoms with Gasteiger partial charge in [-0.2, -0.15) is 0 Å². The molecule has 1 N–H and O–H groups in total. The van der Waals surface area contributed by atoms with Crippen LogP contribution in [0.4, 0.5) is 0 Å². The summed E-state index contributed by atoms with van der Waals surface area (Å²) in [6.45, 7) is 1.85. The summed E-state index contributed by atoms with van der Waals surface area (Å²) in [6, 6.07) is 1.80. The van der Waals surface area contributed by atoms with Gasteiger partial charge in [-0.05, 0) is 18.6 Å². The van der Waals surface area contributed by atoms with E-state index in [1.807, 2.05) is 6.92 Å². The summed E-state index contributed by atoms with van der Waals surface area (Å²) in [5, 5.41) is 0.418. The molecule has 0 aliphatic heterocycles. The molecule has 0 aliphatic carbocycles. The van der Waals surface area contributed by atoms with Gasteiger partial charge in [0.2, 0.25) is 0 Å². The van der Waals surface area contributed by atoms with E-state index in [0.29, 0.717) is 22.4 Å². The third kappa shape index (κ3) is 1.41. The Hall–Kier alpha value is -2.04. The van der Waals surface area contributed by atoms with Crippen LogP contribution in [0.1, 0.15) is 5.56 Å². The zero-order valence-corrected chi connectivity index (χ0v) is 9.33. The highest BCUT2D eigenvalue weighted by Crippen LogP contribution is 2.32. The maximum Gasteiger partial charge on any atom is 0.262 e. The Labute approximate surface area is 92.0 Å². The van der Waals surface area contributed by atoms with Crippen molar-refractivity contribution in [2.24, 2.45) is 0 Å². The summed E-state index contributed by atoms with van der Waals surface area (Å²) in [7, 11) is 3.07. The zero-order chi connectivity index (χ0) is 11.7. The highest BCUT2D eigenvalue weighted by Gasteiger charge is 2.14. The molecular formula is C11H12N2O3. The lowest BCUT2D eigenvalue weighted by atomic mass is 10.1. The van der Waals surface area contributed by atoms with Crippen LogP contribution in [0.5, 0.6) is 11.5 Å². The van der Waals surface area contributed by atoms with E-state index in [4.69, 9.17) is 9.47 Å². The fourth-order valence-electron chi connectivity index (χ4n) is 1.74. The average Bonchev–Trinajstić information content (AvgIpc) is 2.29. The number of aromatic nitrogens is 2. The zero-order valence-electron chi connectivity index (χ0n) is 9.33. The van der Waals surface area contributed by atoms with Gasteiger partial charge in [-0.25, -0.2) is 4.98 Å². The number of methoxy groups -OCH3 is 2. The fraction of sp³-hybridized carbons (Fsp3) is 0.273. The fourth-order valence-corrected chi connectivity index (χ4v) is 1.74. The largest absolute Gasteiger partial charge is 0.496 e. The van der Waals surface area contributed by atoms with Crippen LogP contribution in [0.25, 0.3) is 10.9 Å². The number of aryl methyl sites for hydroxylation is 1. The van der Waals surface area contributed by atoms with Crippen LogP contribution in [0, 0.1) is 6.92 Å². The van der Waals surface area contributed by atoms with Crippen LogP contribution in [0.3, 0.4) is 0 Å². The van der Waals surface area contributed by atoms with Crippen LogP contribution in [-0.4, -0.2) is 24.2 Å². The van der Waals surface area contributed by atoms with Gasteiger partial charge in [-0.1, -0.05) is 0 Å². The predicted molar refractivity (Wildman–Crippen MR) is 60.2 cm³/mol. The monoisotopic (exact) mass is 220 g/mol. The molecule has 0 saturated heterocycles. The van der Waals surface area contributed by atoms with Gasteiger partial charge in [-0.15, -0.1) is 0 Å². The second-order valence-corrected chi connectivity index (χ2v) is 3.38. The first-order chi connectivity index (χ1) is 7.69. The summed E-state index contributed by atoms with van der Waals surface area (Å²) in [5.74, 6) is 1.10. The Balaban J connectivity index is 3.00. The Bertz CT molecular complexity index is 590. The number of H-pyrrole nitrogens is 1. The lowest BCUT2D eigenvalue weighted by molar-refractivity contribution is 0.407. The van der Waals surface area contributed by atoms with Gasteiger partial charge >= 0.3 is 0 Å². The number of ether oxygens (including phenoxy) is 2. The molecule has 1 heterocycles. The predicted octanol–water partition coefficient (Wildman–Crippen LogP) is 1.25. The van der Waals surface area contributed by atoms with E-state index >= 15 is 0 Å². The van der Waals surface area contributed by atoms with Gasteiger partial charge in [0.1, 0.15) is 22.4 Å². The summed E-state index contributed by atoms with van der Waals surface area (Å²) in [6.07, 6.45) is 1.35. The van der Waals surface area contributed by atoms with Crippen molar-refractivity contribution in [3.8, 4) is 11.5 Å². The SMILES string of the molecule is COc1cc(C)c(OC)c2c(=O)[nH]cnc12. The molecule has 0 unspecified atom stereocenters. The van der Waals surface area contributed by atoms with E-state index in [9.17, 15) is 4.79 Å². The van der Waals surface area contributed by atoms with Crippen LogP contribution < -0.4 is 15.0 Å². The number of rotatable bonds is 2. The van der Waals surface area contributed by atoms with Crippen LogP contribution in [0.2, 0.25) is 0 Å². The number of aromatic amines is 1. The molecule has 0 aliphatic rings. The first-order valence-corrected chi connectivity index (χ1v) is 4.78. The van der Waals surface area contributed by atoms with Crippen molar-refractivity contribution < 1.29 is 9.47 Å². The topological polar surface area (TPSA) is 64.2 Å². The minimum atomic E-state index is -0.233. The quantitative estimate of drug-likeness (QED) is 0.827. The number of fused-ring (bicyclic) bond motifs is 1. The normalized spacial score (nSPS) is 10.4. The van der Waals surface area contributed by atoms with Crippen molar-refractivity contribution in [2.45, 2.75) is 6.92 Å². The van der Waals surface area contributed by atoms with E-state index < -0.39 is 0 Å². The van der Waals surface area contributed by atoms with Crippen molar-refractivity contribution in [1.29, 1.82) is 0 Å². The van der Waals surface area contributed by atoms with Crippen LogP contribution in [0.15, 0.2) is 17.2 Å². The average molecular weight is 220 g/mol. The molecule has 2 rings (SSSR count). The maximum atomic E-state index is 11.7. The summed E-state index contributed by atoms with van der Waals surface area (Å²) < 4.78 is 10.4. The van der Waals surface area contributed by atoms with Gasteiger partial charge in [0.15, 0.2) is 0 Å². The van der Waals surface area contributed by atoms with E-state index in [1.165, 1.54) is 13.4 Å². The molecule has 0 spiro atoms. The summed E-state index contributed by atoms with van der Waals surface area (Å²) >= 11 is 0.